The fourth-order valence-electron chi connectivity index (χ4n) is 1.47. The highest BCUT2D eigenvalue weighted by Gasteiger charge is 2.18. The number of para-hydroxylation sites is 1. The number of nitrogens with two attached hydrogens (primary N) is 1. The van der Waals surface area contributed by atoms with Gasteiger partial charge in [-0.3, -0.25) is 4.57 Å². The van der Waals surface area contributed by atoms with Crippen molar-refractivity contribution in [1.29, 1.82) is 0 Å². The Bertz CT molecular complexity index is 452. The van der Waals surface area contributed by atoms with Gasteiger partial charge in [0, 0.05) is 5.69 Å². The third-order valence-electron chi connectivity index (χ3n) is 2.43. The van der Waals surface area contributed by atoms with Gasteiger partial charge in [0.2, 0.25) is 0 Å². The molecule has 0 amide bonds. The standard InChI is InChI=1S/C11H14N4O/c1-8(16)10(12)11-14-13-7-15(11)9-5-3-2-4-6-9/h2-8,10,16H,12H2,1H3. The Balaban J connectivity index is 2.40. The first-order valence-electron chi connectivity index (χ1n) is 5.09. The molecule has 3 N–H and O–H groups in total. The number of hydrogen-bond acceptors (Lipinski definition) is 4. The van der Waals surface area contributed by atoms with Crippen LogP contribution in [0.25, 0.3) is 5.69 Å². The molecule has 0 saturated heterocycles. The van der Waals surface area contributed by atoms with Gasteiger partial charge >= 0.3 is 0 Å². The molecular formula is C11H14N4O. The van der Waals surface area contributed by atoms with E-state index in [9.17, 15) is 5.11 Å². The fraction of sp³-hybridized carbons (Fsp3) is 0.273. The van der Waals surface area contributed by atoms with Gasteiger partial charge in [-0.2, -0.15) is 0 Å². The number of hydrogen-bond donors (Lipinski definition) is 2. The summed E-state index contributed by atoms with van der Waals surface area (Å²) < 4.78 is 1.78. The van der Waals surface area contributed by atoms with Crippen molar-refractivity contribution in [3.63, 3.8) is 0 Å². The normalized spacial score (nSPS) is 14.7. The molecule has 2 rings (SSSR count). The van der Waals surface area contributed by atoms with Crippen molar-refractivity contribution in [2.45, 2.75) is 19.1 Å². The van der Waals surface area contributed by atoms with Crippen molar-refractivity contribution in [3.05, 3.63) is 42.5 Å². The fourth-order valence-corrected chi connectivity index (χ4v) is 1.47. The first-order chi connectivity index (χ1) is 7.70. The van der Waals surface area contributed by atoms with E-state index in [1.165, 1.54) is 0 Å². The van der Waals surface area contributed by atoms with Crippen LogP contribution in [-0.2, 0) is 0 Å². The third-order valence-corrected chi connectivity index (χ3v) is 2.43. The highest BCUT2D eigenvalue weighted by Crippen LogP contribution is 2.15. The van der Waals surface area contributed by atoms with Crippen LogP contribution in [0.15, 0.2) is 36.7 Å². The molecule has 2 atom stereocenters. The Kier molecular flexibility index (Phi) is 2.98. The van der Waals surface area contributed by atoms with Gasteiger partial charge in [0.25, 0.3) is 0 Å². The zero-order valence-corrected chi connectivity index (χ0v) is 8.99. The largest absolute Gasteiger partial charge is 0.391 e. The molecule has 5 nitrogen and oxygen atoms in total. The van der Waals surface area contributed by atoms with Crippen LogP contribution in [0.4, 0.5) is 0 Å². The molecule has 84 valence electrons. The summed E-state index contributed by atoms with van der Waals surface area (Å²) in [5.74, 6) is 0.557. The smallest absolute Gasteiger partial charge is 0.157 e. The first-order valence-corrected chi connectivity index (χ1v) is 5.09. The lowest BCUT2D eigenvalue weighted by Gasteiger charge is -2.15. The van der Waals surface area contributed by atoms with E-state index >= 15 is 0 Å². The Morgan fingerprint density at radius 2 is 2.00 bits per heavy atom. The number of aliphatic hydroxyl groups excluding tert-OH is 1. The summed E-state index contributed by atoms with van der Waals surface area (Å²) in [5, 5.41) is 17.2. The molecule has 0 bridgehead atoms. The second-order valence-corrected chi connectivity index (χ2v) is 3.66. The second kappa shape index (κ2) is 4.42. The van der Waals surface area contributed by atoms with Crippen LogP contribution in [0.1, 0.15) is 18.8 Å². The van der Waals surface area contributed by atoms with E-state index in [2.05, 4.69) is 10.2 Å². The summed E-state index contributed by atoms with van der Waals surface area (Å²) in [4.78, 5) is 0. The number of nitrogens with zero attached hydrogens (tertiary/aromatic N) is 3. The predicted molar refractivity (Wildman–Crippen MR) is 60.0 cm³/mol. The zero-order chi connectivity index (χ0) is 11.5. The minimum Gasteiger partial charge on any atom is -0.391 e. The van der Waals surface area contributed by atoms with Crippen LogP contribution < -0.4 is 5.73 Å². The topological polar surface area (TPSA) is 77.0 Å². The van der Waals surface area contributed by atoms with Crippen LogP contribution >= 0.6 is 0 Å². The zero-order valence-electron chi connectivity index (χ0n) is 8.99. The van der Waals surface area contributed by atoms with Crippen LogP contribution in [0.5, 0.6) is 0 Å². The molecule has 0 aliphatic rings. The lowest BCUT2D eigenvalue weighted by Crippen LogP contribution is -2.26. The van der Waals surface area contributed by atoms with E-state index < -0.39 is 12.1 Å². The van der Waals surface area contributed by atoms with E-state index in [4.69, 9.17) is 5.73 Å². The lowest BCUT2D eigenvalue weighted by molar-refractivity contribution is 0.159. The highest BCUT2D eigenvalue weighted by molar-refractivity contribution is 5.32. The number of benzene rings is 1. The lowest BCUT2D eigenvalue weighted by atomic mass is 10.2. The molecule has 2 unspecified atom stereocenters. The number of rotatable bonds is 3. The SMILES string of the molecule is CC(O)C(N)c1nncn1-c1ccccc1. The number of aromatic nitrogens is 3. The molecule has 0 fully saturated rings. The number of aliphatic hydroxyl groups is 1. The molecule has 1 aromatic heterocycles. The molecule has 1 aromatic carbocycles. The van der Waals surface area contributed by atoms with Crippen LogP contribution in [-0.4, -0.2) is 26.0 Å². The second-order valence-electron chi connectivity index (χ2n) is 3.66. The van der Waals surface area contributed by atoms with Crippen molar-refractivity contribution in [2.24, 2.45) is 5.73 Å². The molecule has 0 saturated carbocycles. The van der Waals surface area contributed by atoms with Crippen LogP contribution in [0.3, 0.4) is 0 Å². The maximum atomic E-state index is 9.46. The summed E-state index contributed by atoms with van der Waals surface area (Å²) in [6, 6.07) is 9.11. The molecule has 2 aromatic rings. The van der Waals surface area contributed by atoms with E-state index in [1.54, 1.807) is 17.8 Å². The van der Waals surface area contributed by atoms with Crippen molar-refractivity contribution in [2.75, 3.05) is 0 Å². The summed E-state index contributed by atoms with van der Waals surface area (Å²) in [7, 11) is 0. The Hall–Kier alpha value is -1.72. The molecule has 0 spiro atoms. The Labute approximate surface area is 93.5 Å². The first kappa shape index (κ1) is 10.8. The Morgan fingerprint density at radius 3 is 2.62 bits per heavy atom. The van der Waals surface area contributed by atoms with Gasteiger partial charge < -0.3 is 10.8 Å². The van der Waals surface area contributed by atoms with Crippen LogP contribution in [0.2, 0.25) is 0 Å². The van der Waals surface area contributed by atoms with E-state index in [-0.39, 0.29) is 0 Å². The van der Waals surface area contributed by atoms with Gasteiger partial charge in [-0.1, -0.05) is 18.2 Å². The van der Waals surface area contributed by atoms with Crippen molar-refractivity contribution in [1.82, 2.24) is 14.8 Å². The monoisotopic (exact) mass is 218 g/mol. The average molecular weight is 218 g/mol. The summed E-state index contributed by atoms with van der Waals surface area (Å²) in [5.41, 5.74) is 6.78. The van der Waals surface area contributed by atoms with E-state index in [1.807, 2.05) is 30.3 Å². The average Bonchev–Trinajstić information content (AvgIpc) is 2.77. The summed E-state index contributed by atoms with van der Waals surface area (Å²) in [6.45, 7) is 1.63. The minimum absolute atomic E-state index is 0.539. The minimum atomic E-state index is -0.660. The maximum absolute atomic E-state index is 9.46. The van der Waals surface area contributed by atoms with Gasteiger partial charge in [-0.15, -0.1) is 10.2 Å². The summed E-state index contributed by atoms with van der Waals surface area (Å²) in [6.07, 6.45) is 0.930. The maximum Gasteiger partial charge on any atom is 0.157 e. The van der Waals surface area contributed by atoms with Gasteiger partial charge in [0.1, 0.15) is 6.33 Å². The highest BCUT2D eigenvalue weighted by atomic mass is 16.3. The van der Waals surface area contributed by atoms with Crippen LogP contribution in [0, 0.1) is 0 Å². The Morgan fingerprint density at radius 1 is 1.31 bits per heavy atom. The molecule has 16 heavy (non-hydrogen) atoms. The quantitative estimate of drug-likeness (QED) is 0.793. The van der Waals surface area contributed by atoms with Crippen molar-refractivity contribution in [3.8, 4) is 5.69 Å². The third kappa shape index (κ3) is 1.95. The molecule has 1 heterocycles. The summed E-state index contributed by atoms with van der Waals surface area (Å²) >= 11 is 0. The van der Waals surface area contributed by atoms with E-state index in [0.29, 0.717) is 5.82 Å². The molecular weight excluding hydrogens is 204 g/mol. The van der Waals surface area contributed by atoms with E-state index in [0.717, 1.165) is 5.69 Å². The molecule has 0 aliphatic carbocycles. The van der Waals surface area contributed by atoms with Gasteiger partial charge in [-0.25, -0.2) is 0 Å². The van der Waals surface area contributed by atoms with Crippen molar-refractivity contribution < 1.29 is 5.11 Å². The van der Waals surface area contributed by atoms with Gasteiger partial charge in [0.05, 0.1) is 12.1 Å². The van der Waals surface area contributed by atoms with Crippen molar-refractivity contribution >= 4 is 0 Å². The molecule has 0 radical (unpaired) electrons. The van der Waals surface area contributed by atoms with Gasteiger partial charge in [0.15, 0.2) is 5.82 Å². The molecule has 0 aliphatic heterocycles. The predicted octanol–water partition coefficient (Wildman–Crippen LogP) is 0.648. The molecule has 5 heteroatoms. The van der Waals surface area contributed by atoms with Gasteiger partial charge in [-0.05, 0) is 19.1 Å².